The van der Waals surface area contributed by atoms with Crippen molar-refractivity contribution in [3.63, 3.8) is 0 Å². The van der Waals surface area contributed by atoms with E-state index in [0.29, 0.717) is 13.1 Å². The molecule has 1 aliphatic heterocycles. The first-order valence-electron chi connectivity index (χ1n) is 5.90. The molecule has 0 spiro atoms. The lowest BCUT2D eigenvalue weighted by Crippen LogP contribution is -2.35. The van der Waals surface area contributed by atoms with Crippen LogP contribution in [-0.2, 0) is 4.74 Å². The number of aliphatic imine (C=N–C) groups is 1. The van der Waals surface area contributed by atoms with Gasteiger partial charge in [-0.2, -0.15) is 0 Å². The molecule has 0 aromatic heterocycles. The summed E-state index contributed by atoms with van der Waals surface area (Å²) >= 11 is 3.25. The second-order valence-electron chi connectivity index (χ2n) is 5.20. The van der Waals surface area contributed by atoms with Crippen molar-refractivity contribution in [3.05, 3.63) is 10.7 Å². The summed E-state index contributed by atoms with van der Waals surface area (Å²) in [6, 6.07) is 0.116. The normalized spacial score (nSPS) is 21.7. The molecule has 1 atom stereocenters. The summed E-state index contributed by atoms with van der Waals surface area (Å²) in [5.41, 5.74) is 4.86. The Bertz CT molecular complexity index is 361. The molecule has 2 N–H and O–H groups in total. The lowest BCUT2D eigenvalue weighted by Gasteiger charge is -2.24. The Kier molecular flexibility index (Phi) is 5.19. The van der Waals surface area contributed by atoms with Gasteiger partial charge in [-0.15, -0.1) is 0 Å². The second-order valence-corrected chi connectivity index (χ2v) is 6.11. The van der Waals surface area contributed by atoms with Gasteiger partial charge in [0.1, 0.15) is 5.60 Å². The largest absolute Gasteiger partial charge is 0.444 e. The monoisotopic (exact) mass is 317 g/mol. The highest BCUT2D eigenvalue weighted by molar-refractivity contribution is 9.12. The van der Waals surface area contributed by atoms with Crippen LogP contribution in [0, 0.1) is 0 Å². The number of carbonyl (C=O) groups is 1. The number of nitrogens with two attached hydrogens (primary N) is 1. The summed E-state index contributed by atoms with van der Waals surface area (Å²) in [5.74, 6) is 0. The quantitative estimate of drug-likeness (QED) is 0.794. The maximum absolute atomic E-state index is 11.8. The Hall–Kier alpha value is -1.04. The summed E-state index contributed by atoms with van der Waals surface area (Å²) in [7, 11) is 0. The van der Waals surface area contributed by atoms with Gasteiger partial charge in [0, 0.05) is 25.5 Å². The minimum Gasteiger partial charge on any atom is -0.444 e. The van der Waals surface area contributed by atoms with E-state index in [9.17, 15) is 4.79 Å². The average Bonchev–Trinajstić information content (AvgIpc) is 2.72. The molecule has 6 heteroatoms. The molecule has 18 heavy (non-hydrogen) atoms. The number of hydrogen-bond acceptors (Lipinski definition) is 4. The molecule has 1 saturated heterocycles. The third-order valence-corrected chi connectivity index (χ3v) is 2.85. The van der Waals surface area contributed by atoms with Crippen molar-refractivity contribution >= 4 is 28.2 Å². The van der Waals surface area contributed by atoms with Crippen LogP contribution in [0.1, 0.15) is 27.2 Å². The molecule has 1 rings (SSSR count). The predicted octanol–water partition coefficient (Wildman–Crippen LogP) is 2.26. The van der Waals surface area contributed by atoms with Crippen LogP contribution in [-0.4, -0.2) is 41.9 Å². The first-order valence-corrected chi connectivity index (χ1v) is 6.69. The first kappa shape index (κ1) is 15.0. The molecule has 5 nitrogen and oxygen atoms in total. The smallest absolute Gasteiger partial charge is 0.410 e. The average molecular weight is 318 g/mol. The number of nitrogens with zero attached hydrogens (tertiary/aromatic N) is 2. The Morgan fingerprint density at radius 1 is 1.56 bits per heavy atom. The Labute approximate surface area is 116 Å². The van der Waals surface area contributed by atoms with Crippen LogP contribution < -0.4 is 5.73 Å². The number of ether oxygens (including phenoxy) is 1. The number of hydrogen-bond donors (Lipinski definition) is 1. The van der Waals surface area contributed by atoms with Crippen molar-refractivity contribution in [3.8, 4) is 0 Å². The second kappa shape index (κ2) is 6.22. The van der Waals surface area contributed by atoms with Crippen molar-refractivity contribution < 1.29 is 9.53 Å². The highest BCUT2D eigenvalue weighted by Gasteiger charge is 2.29. The Balaban J connectivity index is 2.46. The summed E-state index contributed by atoms with van der Waals surface area (Å²) in [4.78, 5) is 17.9. The number of allylic oxidation sites excluding steroid dienone is 1. The minimum atomic E-state index is -0.455. The highest BCUT2D eigenvalue weighted by atomic mass is 79.9. The van der Waals surface area contributed by atoms with Gasteiger partial charge < -0.3 is 15.4 Å². The molecule has 0 radical (unpaired) electrons. The van der Waals surface area contributed by atoms with Gasteiger partial charge in [-0.25, -0.2) is 4.79 Å². The van der Waals surface area contributed by atoms with Crippen molar-refractivity contribution in [1.29, 1.82) is 0 Å². The molecule has 0 bridgehead atoms. The predicted molar refractivity (Wildman–Crippen MR) is 75.9 cm³/mol. The van der Waals surface area contributed by atoms with Crippen molar-refractivity contribution in [1.82, 2.24) is 4.90 Å². The molecule has 1 unspecified atom stereocenters. The number of likely N-dealkylation sites (tertiary alicyclic amines) is 1. The Morgan fingerprint density at radius 3 is 2.78 bits per heavy atom. The van der Waals surface area contributed by atoms with E-state index < -0.39 is 5.60 Å². The fourth-order valence-electron chi connectivity index (χ4n) is 1.58. The maximum atomic E-state index is 11.8. The van der Waals surface area contributed by atoms with Gasteiger partial charge >= 0.3 is 6.09 Å². The Morgan fingerprint density at radius 2 is 2.22 bits per heavy atom. The van der Waals surface area contributed by atoms with Gasteiger partial charge in [0.2, 0.25) is 0 Å². The number of carbonyl (C=O) groups excluding carboxylic acids is 1. The summed E-state index contributed by atoms with van der Waals surface area (Å²) < 4.78 is 6.05. The fraction of sp³-hybridized carbons (Fsp3) is 0.667. The summed E-state index contributed by atoms with van der Waals surface area (Å²) in [6.07, 6.45) is 3.68. The third kappa shape index (κ3) is 5.08. The third-order valence-electron chi connectivity index (χ3n) is 2.38. The molecule has 1 amide bonds. The standard InChI is InChI=1S/C12H20BrN3O2/c1-12(2,3)18-11(17)16-5-4-10(8-16)15-7-9(13)6-14/h6-7,10H,4-5,8,14H2,1-3H3. The lowest BCUT2D eigenvalue weighted by atomic mass is 10.2. The topological polar surface area (TPSA) is 67.9 Å². The van der Waals surface area contributed by atoms with E-state index in [2.05, 4.69) is 20.9 Å². The summed E-state index contributed by atoms with van der Waals surface area (Å²) in [6.45, 7) is 6.86. The van der Waals surface area contributed by atoms with Crippen molar-refractivity contribution in [2.45, 2.75) is 38.8 Å². The fourth-order valence-corrected chi connectivity index (χ4v) is 1.69. The highest BCUT2D eigenvalue weighted by Crippen LogP contribution is 2.17. The van der Waals surface area contributed by atoms with E-state index >= 15 is 0 Å². The van der Waals surface area contributed by atoms with Gasteiger partial charge in [0.05, 0.1) is 10.5 Å². The summed E-state index contributed by atoms with van der Waals surface area (Å²) in [5, 5.41) is 0. The number of rotatable bonds is 2. The van der Waals surface area contributed by atoms with E-state index in [1.54, 1.807) is 11.1 Å². The van der Waals surface area contributed by atoms with Crippen LogP contribution in [0.25, 0.3) is 0 Å². The number of amides is 1. The zero-order valence-corrected chi connectivity index (χ0v) is 12.6. The molecular formula is C12H20BrN3O2. The van der Waals surface area contributed by atoms with Crippen LogP contribution in [0.4, 0.5) is 4.79 Å². The first-order chi connectivity index (χ1) is 8.31. The number of halogens is 1. The lowest BCUT2D eigenvalue weighted by molar-refractivity contribution is 0.0293. The van der Waals surface area contributed by atoms with Crippen molar-refractivity contribution in [2.75, 3.05) is 13.1 Å². The maximum Gasteiger partial charge on any atom is 0.410 e. The van der Waals surface area contributed by atoms with Gasteiger partial charge in [-0.1, -0.05) is 0 Å². The van der Waals surface area contributed by atoms with Crippen LogP contribution in [0.15, 0.2) is 15.7 Å². The van der Waals surface area contributed by atoms with Gasteiger partial charge in [0.15, 0.2) is 0 Å². The van der Waals surface area contributed by atoms with Gasteiger partial charge in [0.25, 0.3) is 0 Å². The molecule has 0 aromatic carbocycles. The molecule has 102 valence electrons. The molecule has 0 aliphatic carbocycles. The van der Waals surface area contributed by atoms with Gasteiger partial charge in [-0.3, -0.25) is 4.99 Å². The van der Waals surface area contributed by atoms with E-state index in [1.165, 1.54) is 6.20 Å². The van der Waals surface area contributed by atoms with Gasteiger partial charge in [-0.05, 0) is 43.1 Å². The molecule has 1 heterocycles. The van der Waals surface area contributed by atoms with Crippen molar-refractivity contribution in [2.24, 2.45) is 10.7 Å². The van der Waals surface area contributed by atoms with Crippen LogP contribution in [0.2, 0.25) is 0 Å². The zero-order chi connectivity index (χ0) is 13.8. The SMILES string of the molecule is CC(C)(C)OC(=O)N1CCC(N=CC(Br)=CN)C1. The van der Waals surface area contributed by atoms with Crippen LogP contribution >= 0.6 is 15.9 Å². The molecule has 0 aromatic rings. The van der Waals surface area contributed by atoms with E-state index in [4.69, 9.17) is 10.5 Å². The minimum absolute atomic E-state index is 0.116. The molecule has 1 fully saturated rings. The van der Waals surface area contributed by atoms with Crippen LogP contribution in [0.3, 0.4) is 0 Å². The van der Waals surface area contributed by atoms with Crippen LogP contribution in [0.5, 0.6) is 0 Å². The van der Waals surface area contributed by atoms with E-state index in [1.807, 2.05) is 20.8 Å². The molecule has 1 aliphatic rings. The molecule has 0 saturated carbocycles. The zero-order valence-electron chi connectivity index (χ0n) is 11.0. The molecular weight excluding hydrogens is 298 g/mol. The van der Waals surface area contributed by atoms with E-state index in [0.717, 1.165) is 10.9 Å². The van der Waals surface area contributed by atoms with E-state index in [-0.39, 0.29) is 12.1 Å².